The molecule has 2 N–H and O–H groups in total. The lowest BCUT2D eigenvalue weighted by atomic mass is 10.2. The van der Waals surface area contributed by atoms with Crippen molar-refractivity contribution in [2.45, 2.75) is 32.9 Å². The van der Waals surface area contributed by atoms with Gasteiger partial charge < -0.3 is 10.6 Å². The minimum Gasteiger partial charge on any atom is -0.353 e. The van der Waals surface area contributed by atoms with Gasteiger partial charge in [0.25, 0.3) is 0 Å². The van der Waals surface area contributed by atoms with Gasteiger partial charge in [-0.1, -0.05) is 6.07 Å². The maximum Gasteiger partial charge on any atom is 0.241 e. The van der Waals surface area contributed by atoms with Gasteiger partial charge in [0.1, 0.15) is 0 Å². The molecule has 1 atom stereocenters. The lowest BCUT2D eigenvalue weighted by Crippen LogP contribution is -2.45. The molecule has 1 aromatic rings. The largest absolute Gasteiger partial charge is 0.353 e. The molecular formula is C16H22N4O2. The van der Waals surface area contributed by atoms with Gasteiger partial charge in [-0.3, -0.25) is 14.5 Å². The highest BCUT2D eigenvalue weighted by Gasteiger charge is 2.20. The Morgan fingerprint density at radius 1 is 1.32 bits per heavy atom. The highest BCUT2D eigenvalue weighted by atomic mass is 16.2. The van der Waals surface area contributed by atoms with Crippen molar-refractivity contribution in [2.24, 2.45) is 0 Å². The fourth-order valence-corrected chi connectivity index (χ4v) is 1.84. The number of rotatable bonds is 6. The van der Waals surface area contributed by atoms with Crippen LogP contribution in [0.4, 0.5) is 5.69 Å². The first-order valence-corrected chi connectivity index (χ1v) is 7.14. The number of nitrogens with zero attached hydrogens (tertiary/aromatic N) is 2. The van der Waals surface area contributed by atoms with Gasteiger partial charge in [0.15, 0.2) is 0 Å². The second-order valence-electron chi connectivity index (χ2n) is 5.50. The Labute approximate surface area is 131 Å². The third kappa shape index (κ3) is 5.54. The molecule has 0 aliphatic rings. The highest BCUT2D eigenvalue weighted by Crippen LogP contribution is 2.11. The zero-order valence-corrected chi connectivity index (χ0v) is 13.4. The highest BCUT2D eigenvalue weighted by molar-refractivity contribution is 5.95. The zero-order chi connectivity index (χ0) is 16.7. The number of carbonyl (C=O) groups excluding carboxylic acids is 2. The van der Waals surface area contributed by atoms with Crippen molar-refractivity contribution in [1.82, 2.24) is 10.2 Å². The van der Waals surface area contributed by atoms with E-state index >= 15 is 0 Å². The number of nitriles is 1. The van der Waals surface area contributed by atoms with Crippen LogP contribution in [0.25, 0.3) is 0 Å². The summed E-state index contributed by atoms with van der Waals surface area (Å²) < 4.78 is 0. The number of anilines is 1. The molecule has 0 saturated carbocycles. The molecule has 0 bridgehead atoms. The first-order chi connectivity index (χ1) is 10.3. The van der Waals surface area contributed by atoms with Crippen LogP contribution >= 0.6 is 0 Å². The molecule has 6 nitrogen and oxygen atoms in total. The van der Waals surface area contributed by atoms with Gasteiger partial charge >= 0.3 is 0 Å². The summed E-state index contributed by atoms with van der Waals surface area (Å²) in [5.41, 5.74) is 1.05. The zero-order valence-electron chi connectivity index (χ0n) is 13.4. The first kappa shape index (κ1) is 17.7. The average Bonchev–Trinajstić information content (AvgIpc) is 2.45. The van der Waals surface area contributed by atoms with Crippen molar-refractivity contribution in [2.75, 3.05) is 18.9 Å². The predicted molar refractivity (Wildman–Crippen MR) is 85.2 cm³/mol. The van der Waals surface area contributed by atoms with Crippen LogP contribution in [0.2, 0.25) is 0 Å². The van der Waals surface area contributed by atoms with Crippen molar-refractivity contribution >= 4 is 17.5 Å². The third-order valence-electron chi connectivity index (χ3n) is 3.14. The molecule has 0 aromatic heterocycles. The van der Waals surface area contributed by atoms with Crippen LogP contribution in [0.15, 0.2) is 24.3 Å². The fourth-order valence-electron chi connectivity index (χ4n) is 1.84. The van der Waals surface area contributed by atoms with Crippen LogP contribution < -0.4 is 10.6 Å². The average molecular weight is 302 g/mol. The predicted octanol–water partition coefficient (Wildman–Crippen LogP) is 1.34. The van der Waals surface area contributed by atoms with Crippen LogP contribution in [0.3, 0.4) is 0 Å². The molecule has 0 aliphatic carbocycles. The molecule has 1 aromatic carbocycles. The van der Waals surface area contributed by atoms with E-state index in [1.807, 2.05) is 19.9 Å². The van der Waals surface area contributed by atoms with Gasteiger partial charge in [-0.25, -0.2) is 0 Å². The van der Waals surface area contributed by atoms with E-state index in [1.165, 1.54) is 0 Å². The number of benzene rings is 1. The van der Waals surface area contributed by atoms with Gasteiger partial charge in [-0.05, 0) is 46.0 Å². The van der Waals surface area contributed by atoms with E-state index in [9.17, 15) is 9.59 Å². The smallest absolute Gasteiger partial charge is 0.241 e. The molecule has 1 rings (SSSR count). The summed E-state index contributed by atoms with van der Waals surface area (Å²) in [6, 6.07) is 8.32. The first-order valence-electron chi connectivity index (χ1n) is 7.14. The number of hydrogen-bond acceptors (Lipinski definition) is 4. The molecule has 0 radical (unpaired) electrons. The summed E-state index contributed by atoms with van der Waals surface area (Å²) in [6.45, 7) is 5.64. The summed E-state index contributed by atoms with van der Waals surface area (Å²) in [5.74, 6) is -0.349. The van der Waals surface area contributed by atoms with E-state index in [4.69, 9.17) is 5.26 Å². The number of hydrogen-bond donors (Lipinski definition) is 2. The number of likely N-dealkylation sites (N-methyl/N-ethyl adjacent to an activating group) is 1. The van der Waals surface area contributed by atoms with Crippen molar-refractivity contribution in [1.29, 1.82) is 5.26 Å². The lowest BCUT2D eigenvalue weighted by molar-refractivity contribution is -0.125. The Balaban J connectivity index is 2.60. The minimum absolute atomic E-state index is 0.0683. The molecule has 22 heavy (non-hydrogen) atoms. The lowest BCUT2D eigenvalue weighted by Gasteiger charge is -2.23. The topological polar surface area (TPSA) is 85.2 Å². The Morgan fingerprint density at radius 2 is 2.00 bits per heavy atom. The molecule has 0 fully saturated rings. The summed E-state index contributed by atoms with van der Waals surface area (Å²) in [6.07, 6.45) is 0. The molecule has 0 heterocycles. The van der Waals surface area contributed by atoms with E-state index in [0.29, 0.717) is 11.3 Å². The Kier molecular flexibility index (Phi) is 6.54. The molecule has 0 saturated heterocycles. The number of amides is 2. The molecule has 6 heteroatoms. The van der Waals surface area contributed by atoms with Crippen LogP contribution in [0.1, 0.15) is 26.3 Å². The molecule has 0 aliphatic heterocycles. The summed E-state index contributed by atoms with van der Waals surface area (Å²) >= 11 is 0. The quantitative estimate of drug-likeness (QED) is 0.830. The molecular weight excluding hydrogens is 280 g/mol. The second-order valence-corrected chi connectivity index (χ2v) is 5.50. The van der Waals surface area contributed by atoms with Gasteiger partial charge in [-0.15, -0.1) is 0 Å². The van der Waals surface area contributed by atoms with E-state index < -0.39 is 6.04 Å². The van der Waals surface area contributed by atoms with E-state index in [1.54, 1.807) is 43.1 Å². The van der Waals surface area contributed by atoms with Crippen molar-refractivity contribution in [3.63, 3.8) is 0 Å². The van der Waals surface area contributed by atoms with Gasteiger partial charge in [0.2, 0.25) is 11.8 Å². The second kappa shape index (κ2) is 8.15. The van der Waals surface area contributed by atoms with Gasteiger partial charge in [0.05, 0.1) is 24.2 Å². The molecule has 118 valence electrons. The normalized spacial score (nSPS) is 11.9. The SMILES string of the molecule is CC(C)NC(=O)CN(C)[C@@H](C)C(=O)Nc1cccc(C#N)c1. The molecule has 0 spiro atoms. The monoisotopic (exact) mass is 302 g/mol. The Hall–Kier alpha value is -2.39. The van der Waals surface area contributed by atoms with Crippen LogP contribution in [-0.2, 0) is 9.59 Å². The standard InChI is InChI=1S/C16H22N4O2/c1-11(2)18-15(21)10-20(4)12(3)16(22)19-14-7-5-6-13(8-14)9-17/h5-8,11-12H,10H2,1-4H3,(H,18,21)(H,19,22)/t12-/m0/s1. The minimum atomic E-state index is -0.469. The summed E-state index contributed by atoms with van der Waals surface area (Å²) in [4.78, 5) is 25.6. The summed E-state index contributed by atoms with van der Waals surface area (Å²) in [7, 11) is 1.72. The number of nitrogens with one attached hydrogen (secondary N) is 2. The summed E-state index contributed by atoms with van der Waals surface area (Å²) in [5, 5.41) is 14.4. The van der Waals surface area contributed by atoms with Crippen molar-refractivity contribution in [3.05, 3.63) is 29.8 Å². The van der Waals surface area contributed by atoms with Crippen molar-refractivity contribution < 1.29 is 9.59 Å². The van der Waals surface area contributed by atoms with Crippen molar-refractivity contribution in [3.8, 4) is 6.07 Å². The Bertz CT molecular complexity index is 578. The van der Waals surface area contributed by atoms with E-state index in [0.717, 1.165) is 0 Å². The van der Waals surface area contributed by atoms with Gasteiger partial charge in [0, 0.05) is 11.7 Å². The number of carbonyl (C=O) groups is 2. The fraction of sp³-hybridized carbons (Fsp3) is 0.438. The van der Waals surface area contributed by atoms with Crippen LogP contribution in [0, 0.1) is 11.3 Å². The van der Waals surface area contributed by atoms with Gasteiger partial charge in [-0.2, -0.15) is 5.26 Å². The van der Waals surface area contributed by atoms with E-state index in [-0.39, 0.29) is 24.4 Å². The Morgan fingerprint density at radius 3 is 2.59 bits per heavy atom. The van der Waals surface area contributed by atoms with E-state index in [2.05, 4.69) is 10.6 Å². The third-order valence-corrected chi connectivity index (χ3v) is 3.14. The van der Waals surface area contributed by atoms with Crippen LogP contribution in [-0.4, -0.2) is 42.4 Å². The maximum absolute atomic E-state index is 12.2. The van der Waals surface area contributed by atoms with Crippen LogP contribution in [0.5, 0.6) is 0 Å². The maximum atomic E-state index is 12.2. The molecule has 0 unspecified atom stereocenters. The molecule has 2 amide bonds.